The molecule has 1 unspecified atom stereocenters. The van der Waals surface area contributed by atoms with Crippen LogP contribution in [0.5, 0.6) is 0 Å². The molecule has 0 fully saturated rings. The van der Waals surface area contributed by atoms with Crippen molar-refractivity contribution >= 4 is 23.5 Å². The number of para-hydroxylation sites is 1. The predicted molar refractivity (Wildman–Crippen MR) is 119 cm³/mol. The van der Waals surface area contributed by atoms with Gasteiger partial charge in [-0.1, -0.05) is 47.5 Å². The second kappa shape index (κ2) is 8.78. The molecule has 1 aliphatic rings. The highest BCUT2D eigenvalue weighted by molar-refractivity contribution is 6.30. The van der Waals surface area contributed by atoms with Crippen LogP contribution in [-0.2, 0) is 14.3 Å². The van der Waals surface area contributed by atoms with Gasteiger partial charge < -0.3 is 10.1 Å². The van der Waals surface area contributed by atoms with E-state index in [-0.39, 0.29) is 18.9 Å². The summed E-state index contributed by atoms with van der Waals surface area (Å²) in [5.41, 5.74) is 4.20. The van der Waals surface area contributed by atoms with Gasteiger partial charge in [-0.05, 0) is 38.1 Å². The van der Waals surface area contributed by atoms with E-state index in [1.807, 2.05) is 48.7 Å². The van der Waals surface area contributed by atoms with Gasteiger partial charge in [0, 0.05) is 28.8 Å². The van der Waals surface area contributed by atoms with Gasteiger partial charge in [0.25, 0.3) is 0 Å². The third-order valence-corrected chi connectivity index (χ3v) is 5.42. The molecule has 158 valence electrons. The summed E-state index contributed by atoms with van der Waals surface area (Å²) in [7, 11) is 0. The number of hydrogen-bond donors (Lipinski definition) is 1. The Kier molecular flexibility index (Phi) is 5.91. The lowest BCUT2D eigenvalue weighted by Crippen LogP contribution is -2.37. The number of esters is 1. The van der Waals surface area contributed by atoms with Crippen LogP contribution in [0.25, 0.3) is 16.9 Å². The average Bonchev–Trinajstić information content (AvgIpc) is 3.20. The van der Waals surface area contributed by atoms with E-state index < -0.39 is 12.0 Å². The van der Waals surface area contributed by atoms with Crippen molar-refractivity contribution in [3.05, 3.63) is 82.5 Å². The van der Waals surface area contributed by atoms with Gasteiger partial charge in [-0.2, -0.15) is 5.10 Å². The quantitative estimate of drug-likeness (QED) is 0.593. The fourth-order valence-electron chi connectivity index (χ4n) is 3.74. The number of amides is 1. The van der Waals surface area contributed by atoms with Gasteiger partial charge in [0.2, 0.25) is 5.91 Å². The second-order valence-electron chi connectivity index (χ2n) is 7.31. The average molecular weight is 436 g/mol. The van der Waals surface area contributed by atoms with Gasteiger partial charge in [-0.15, -0.1) is 0 Å². The molecule has 1 aromatic heterocycles. The summed E-state index contributed by atoms with van der Waals surface area (Å²) < 4.78 is 7.05. The van der Waals surface area contributed by atoms with Crippen molar-refractivity contribution in [1.29, 1.82) is 0 Å². The molecule has 0 bridgehead atoms. The summed E-state index contributed by atoms with van der Waals surface area (Å²) in [6.45, 7) is 3.81. The Morgan fingerprint density at radius 3 is 2.58 bits per heavy atom. The normalized spacial score (nSPS) is 16.2. The Labute approximate surface area is 185 Å². The van der Waals surface area contributed by atoms with E-state index in [9.17, 15) is 9.59 Å². The Morgan fingerprint density at radius 1 is 1.19 bits per heavy atom. The predicted octanol–water partition coefficient (Wildman–Crippen LogP) is 4.63. The molecule has 6 nitrogen and oxygen atoms in total. The first-order valence-electron chi connectivity index (χ1n) is 10.0. The highest BCUT2D eigenvalue weighted by Crippen LogP contribution is 2.36. The lowest BCUT2D eigenvalue weighted by molar-refractivity contribution is -0.139. The number of nitrogens with zero attached hydrogens (tertiary/aromatic N) is 2. The second-order valence-corrected chi connectivity index (χ2v) is 7.75. The van der Waals surface area contributed by atoms with Crippen LogP contribution in [0, 0.1) is 0 Å². The summed E-state index contributed by atoms with van der Waals surface area (Å²) in [5, 5.41) is 8.37. The molecule has 0 spiro atoms. The van der Waals surface area contributed by atoms with Crippen LogP contribution in [-0.4, -0.2) is 28.3 Å². The first-order valence-corrected chi connectivity index (χ1v) is 10.4. The third-order valence-electron chi connectivity index (χ3n) is 5.17. The molecule has 7 heteroatoms. The highest BCUT2D eigenvalue weighted by atomic mass is 35.5. The monoisotopic (exact) mass is 435 g/mol. The van der Waals surface area contributed by atoms with E-state index in [4.69, 9.17) is 21.4 Å². The minimum Gasteiger partial charge on any atom is -0.463 e. The summed E-state index contributed by atoms with van der Waals surface area (Å²) in [6.07, 6.45) is 2.01. The highest BCUT2D eigenvalue weighted by Gasteiger charge is 2.35. The molecule has 1 aliphatic heterocycles. The Hall–Kier alpha value is -3.38. The number of hydrogen-bond acceptors (Lipinski definition) is 4. The maximum Gasteiger partial charge on any atom is 0.336 e. The number of rotatable bonds is 5. The van der Waals surface area contributed by atoms with E-state index >= 15 is 0 Å². The van der Waals surface area contributed by atoms with Gasteiger partial charge >= 0.3 is 5.97 Å². The van der Waals surface area contributed by atoms with Crippen molar-refractivity contribution in [3.8, 4) is 16.9 Å². The smallest absolute Gasteiger partial charge is 0.336 e. The van der Waals surface area contributed by atoms with Gasteiger partial charge in [0.1, 0.15) is 0 Å². The molecule has 1 N–H and O–H groups in total. The summed E-state index contributed by atoms with van der Waals surface area (Å²) in [6, 6.07) is 16.3. The van der Waals surface area contributed by atoms with E-state index in [0.29, 0.717) is 27.4 Å². The standard InChI is InChI=1S/C24H22ClN3O3/c1-3-31-24(30)21-15(2)13-20(29)26-23(21)19-14-28(18-7-5-4-6-8-18)27-22(19)16-9-11-17(25)12-10-16/h4-12,14,23H,3,13H2,1-2H3,(H,26,29). The number of carbonyl (C=O) groups excluding carboxylic acids is 2. The van der Waals surface area contributed by atoms with Crippen molar-refractivity contribution in [1.82, 2.24) is 15.1 Å². The molecule has 0 saturated heterocycles. The largest absolute Gasteiger partial charge is 0.463 e. The van der Waals surface area contributed by atoms with Gasteiger partial charge in [0.05, 0.1) is 29.6 Å². The maximum atomic E-state index is 12.8. The zero-order chi connectivity index (χ0) is 22.0. The van der Waals surface area contributed by atoms with Gasteiger partial charge in [-0.3, -0.25) is 4.79 Å². The van der Waals surface area contributed by atoms with Crippen LogP contribution < -0.4 is 5.32 Å². The van der Waals surface area contributed by atoms with E-state index in [2.05, 4.69) is 5.32 Å². The molecule has 0 aliphatic carbocycles. The number of carbonyl (C=O) groups is 2. The number of aromatic nitrogens is 2. The van der Waals surface area contributed by atoms with Crippen LogP contribution in [0.1, 0.15) is 31.9 Å². The zero-order valence-corrected chi connectivity index (χ0v) is 18.0. The fourth-order valence-corrected chi connectivity index (χ4v) is 3.87. The SMILES string of the molecule is CCOC(=O)C1=C(C)CC(=O)NC1c1cn(-c2ccccc2)nc1-c1ccc(Cl)cc1. The zero-order valence-electron chi connectivity index (χ0n) is 17.3. The van der Waals surface area contributed by atoms with Crippen molar-refractivity contribution < 1.29 is 14.3 Å². The minimum absolute atomic E-state index is 0.148. The summed E-state index contributed by atoms with van der Waals surface area (Å²) in [5.74, 6) is -0.579. The van der Waals surface area contributed by atoms with Crippen LogP contribution >= 0.6 is 11.6 Å². The Balaban J connectivity index is 1.90. The summed E-state index contributed by atoms with van der Waals surface area (Å²) in [4.78, 5) is 25.2. The Morgan fingerprint density at radius 2 is 1.90 bits per heavy atom. The molecule has 0 saturated carbocycles. The van der Waals surface area contributed by atoms with E-state index in [1.165, 1.54) is 0 Å². The molecule has 2 heterocycles. The van der Waals surface area contributed by atoms with Crippen LogP contribution in [0.3, 0.4) is 0 Å². The molecule has 1 atom stereocenters. The summed E-state index contributed by atoms with van der Waals surface area (Å²) >= 11 is 6.08. The van der Waals surface area contributed by atoms with Gasteiger partial charge in [0.15, 0.2) is 0 Å². The number of halogens is 1. The minimum atomic E-state index is -0.663. The van der Waals surface area contributed by atoms with E-state index in [1.54, 1.807) is 30.7 Å². The topological polar surface area (TPSA) is 73.2 Å². The third kappa shape index (κ3) is 4.25. The van der Waals surface area contributed by atoms with Crippen LogP contribution in [0.15, 0.2) is 71.9 Å². The molecule has 2 aromatic carbocycles. The number of benzene rings is 2. The molecule has 0 radical (unpaired) electrons. The Bertz CT molecular complexity index is 1150. The molecule has 3 aromatic rings. The number of ether oxygens (including phenoxy) is 1. The lowest BCUT2D eigenvalue weighted by Gasteiger charge is -2.27. The van der Waals surface area contributed by atoms with Crippen molar-refractivity contribution in [2.24, 2.45) is 0 Å². The first kappa shape index (κ1) is 20.9. The molecular formula is C24H22ClN3O3. The molecule has 4 rings (SSSR count). The van der Waals surface area contributed by atoms with E-state index in [0.717, 1.165) is 11.3 Å². The van der Waals surface area contributed by atoms with Gasteiger partial charge in [-0.25, -0.2) is 9.48 Å². The molecular weight excluding hydrogens is 414 g/mol. The molecule has 31 heavy (non-hydrogen) atoms. The molecule has 1 amide bonds. The van der Waals surface area contributed by atoms with Crippen molar-refractivity contribution in [3.63, 3.8) is 0 Å². The van der Waals surface area contributed by atoms with Crippen LogP contribution in [0.4, 0.5) is 0 Å². The number of nitrogens with one attached hydrogen (secondary N) is 1. The lowest BCUT2D eigenvalue weighted by atomic mass is 9.89. The van der Waals surface area contributed by atoms with Crippen LogP contribution in [0.2, 0.25) is 5.02 Å². The fraction of sp³-hybridized carbons (Fsp3) is 0.208. The first-order chi connectivity index (χ1) is 15.0. The van der Waals surface area contributed by atoms with Crippen molar-refractivity contribution in [2.75, 3.05) is 6.61 Å². The van der Waals surface area contributed by atoms with Crippen molar-refractivity contribution in [2.45, 2.75) is 26.3 Å². The maximum absolute atomic E-state index is 12.8.